The summed E-state index contributed by atoms with van der Waals surface area (Å²) in [6.45, 7) is 5.06. The lowest BCUT2D eigenvalue weighted by molar-refractivity contribution is 0.123. The molecule has 0 bridgehead atoms. The summed E-state index contributed by atoms with van der Waals surface area (Å²) in [5, 5.41) is 4.67. The monoisotopic (exact) mass is 328 g/mol. The van der Waals surface area contributed by atoms with Crippen molar-refractivity contribution in [1.29, 1.82) is 0 Å². The Morgan fingerprint density at radius 1 is 1.04 bits per heavy atom. The lowest BCUT2D eigenvalue weighted by atomic mass is 10.1. The highest BCUT2D eigenvalue weighted by Gasteiger charge is 2.20. The highest BCUT2D eigenvalue weighted by atomic mass is 16.5. The summed E-state index contributed by atoms with van der Waals surface area (Å²) < 4.78 is 7.21. The van der Waals surface area contributed by atoms with Crippen LogP contribution in [0.3, 0.4) is 0 Å². The van der Waals surface area contributed by atoms with Gasteiger partial charge in [0.15, 0.2) is 0 Å². The van der Waals surface area contributed by atoms with Gasteiger partial charge in [-0.25, -0.2) is 0 Å². The van der Waals surface area contributed by atoms with Crippen LogP contribution in [0.4, 0.5) is 17.1 Å². The maximum Gasteiger partial charge on any atom is 0.252 e. The zero-order chi connectivity index (χ0) is 16.7. The maximum absolute atomic E-state index is 12.5. The van der Waals surface area contributed by atoms with Crippen LogP contribution in [0, 0.1) is 0 Å². The third-order valence-electron chi connectivity index (χ3n) is 5.09. The fraction of sp³-hybridized carbons (Fsp3) is 0.500. The quantitative estimate of drug-likeness (QED) is 0.862. The standard InChI is InChI=1S/C18H24N4O2/c1-20-5-3-4-19-14-10-13-15(11-17(14)20)21(2)18(23)12-16(13)22-6-8-24-9-7-22/h10-12,19H,3-9H2,1-2H3. The average Bonchev–Trinajstić information content (AvgIpc) is 2.79. The summed E-state index contributed by atoms with van der Waals surface area (Å²) in [5.41, 5.74) is 4.35. The van der Waals surface area contributed by atoms with Crippen LogP contribution in [0.2, 0.25) is 0 Å². The number of nitrogens with zero attached hydrogens (tertiary/aromatic N) is 3. The van der Waals surface area contributed by atoms with E-state index in [0.717, 1.165) is 60.6 Å². The summed E-state index contributed by atoms with van der Waals surface area (Å²) in [4.78, 5) is 17.0. The van der Waals surface area contributed by atoms with Crippen LogP contribution in [0.15, 0.2) is 23.0 Å². The van der Waals surface area contributed by atoms with Gasteiger partial charge >= 0.3 is 0 Å². The number of benzene rings is 1. The molecule has 0 aliphatic carbocycles. The molecule has 1 aromatic heterocycles. The van der Waals surface area contributed by atoms with E-state index >= 15 is 0 Å². The van der Waals surface area contributed by atoms with Gasteiger partial charge in [-0.3, -0.25) is 4.79 Å². The van der Waals surface area contributed by atoms with Crippen LogP contribution < -0.4 is 20.7 Å². The number of hydrogen-bond acceptors (Lipinski definition) is 5. The average molecular weight is 328 g/mol. The highest BCUT2D eigenvalue weighted by Crippen LogP contribution is 2.35. The van der Waals surface area contributed by atoms with Crippen molar-refractivity contribution in [3.05, 3.63) is 28.6 Å². The number of hydrogen-bond donors (Lipinski definition) is 1. The number of nitrogens with one attached hydrogen (secondary N) is 1. The fourth-order valence-corrected chi connectivity index (χ4v) is 3.65. The third-order valence-corrected chi connectivity index (χ3v) is 5.09. The Hall–Kier alpha value is -2.21. The Balaban J connectivity index is 1.95. The van der Waals surface area contributed by atoms with Gasteiger partial charge in [-0.2, -0.15) is 0 Å². The van der Waals surface area contributed by atoms with Gasteiger partial charge in [0, 0.05) is 51.7 Å². The van der Waals surface area contributed by atoms with Crippen LogP contribution >= 0.6 is 0 Å². The van der Waals surface area contributed by atoms with E-state index in [9.17, 15) is 4.79 Å². The van der Waals surface area contributed by atoms with E-state index < -0.39 is 0 Å². The summed E-state index contributed by atoms with van der Waals surface area (Å²) in [6, 6.07) is 6.12. The van der Waals surface area contributed by atoms with Crippen molar-refractivity contribution >= 4 is 28.0 Å². The topological polar surface area (TPSA) is 49.7 Å². The first-order chi connectivity index (χ1) is 11.6. The number of pyridine rings is 1. The first kappa shape index (κ1) is 15.3. The number of ether oxygens (including phenoxy) is 1. The molecule has 3 heterocycles. The molecular formula is C18H24N4O2. The number of rotatable bonds is 1. The lowest BCUT2D eigenvalue weighted by Crippen LogP contribution is -2.37. The second-order valence-corrected chi connectivity index (χ2v) is 6.61. The van der Waals surface area contributed by atoms with E-state index in [4.69, 9.17) is 4.74 Å². The molecule has 6 heteroatoms. The maximum atomic E-state index is 12.5. The predicted molar refractivity (Wildman–Crippen MR) is 98.6 cm³/mol. The van der Waals surface area contributed by atoms with Crippen LogP contribution in [0.1, 0.15) is 6.42 Å². The second-order valence-electron chi connectivity index (χ2n) is 6.61. The van der Waals surface area contributed by atoms with Gasteiger partial charge in [0.25, 0.3) is 5.56 Å². The van der Waals surface area contributed by atoms with Crippen LogP contribution in [-0.4, -0.2) is 51.0 Å². The van der Waals surface area contributed by atoms with Gasteiger partial charge in [-0.05, 0) is 18.6 Å². The van der Waals surface area contributed by atoms with Crippen molar-refractivity contribution in [2.45, 2.75) is 6.42 Å². The number of aromatic nitrogens is 1. The molecule has 2 aromatic rings. The number of morpholine rings is 1. The first-order valence-electron chi connectivity index (χ1n) is 8.60. The number of aryl methyl sites for hydroxylation is 1. The Bertz CT molecular complexity index is 824. The minimum Gasteiger partial charge on any atom is -0.383 e. The van der Waals surface area contributed by atoms with Crippen molar-refractivity contribution in [3.63, 3.8) is 0 Å². The third kappa shape index (κ3) is 2.51. The lowest BCUT2D eigenvalue weighted by Gasteiger charge is -2.30. The van der Waals surface area contributed by atoms with E-state index in [-0.39, 0.29) is 5.56 Å². The predicted octanol–water partition coefficient (Wildman–Crippen LogP) is 1.63. The van der Waals surface area contributed by atoms with E-state index in [0.29, 0.717) is 13.2 Å². The minimum atomic E-state index is 0.0353. The van der Waals surface area contributed by atoms with Gasteiger partial charge < -0.3 is 24.4 Å². The fourth-order valence-electron chi connectivity index (χ4n) is 3.65. The molecule has 4 rings (SSSR count). The Labute approximate surface area is 141 Å². The molecule has 0 atom stereocenters. The summed E-state index contributed by atoms with van der Waals surface area (Å²) in [5.74, 6) is 0. The Morgan fingerprint density at radius 3 is 2.62 bits per heavy atom. The van der Waals surface area contributed by atoms with E-state index in [1.807, 2.05) is 7.05 Å². The smallest absolute Gasteiger partial charge is 0.252 e. The van der Waals surface area contributed by atoms with E-state index in [1.54, 1.807) is 10.6 Å². The number of fused-ring (bicyclic) bond motifs is 2. The van der Waals surface area contributed by atoms with Crippen molar-refractivity contribution in [3.8, 4) is 0 Å². The van der Waals surface area contributed by atoms with Crippen LogP contribution in [0.25, 0.3) is 10.9 Å². The molecule has 0 saturated carbocycles. The molecule has 2 aliphatic heterocycles. The minimum absolute atomic E-state index is 0.0353. The number of anilines is 3. The van der Waals surface area contributed by atoms with Gasteiger partial charge in [0.2, 0.25) is 0 Å². The molecule has 0 spiro atoms. The van der Waals surface area contributed by atoms with Crippen molar-refractivity contribution < 1.29 is 4.74 Å². The van der Waals surface area contributed by atoms with E-state index in [2.05, 4.69) is 34.3 Å². The molecular weight excluding hydrogens is 304 g/mol. The second kappa shape index (κ2) is 6.02. The molecule has 2 aliphatic rings. The molecule has 0 amide bonds. The normalized spacial score (nSPS) is 18.2. The van der Waals surface area contributed by atoms with Crippen molar-refractivity contribution in [2.75, 3.05) is 61.6 Å². The van der Waals surface area contributed by atoms with Gasteiger partial charge in [-0.1, -0.05) is 0 Å². The van der Waals surface area contributed by atoms with Crippen molar-refractivity contribution in [2.24, 2.45) is 7.05 Å². The first-order valence-corrected chi connectivity index (χ1v) is 8.60. The summed E-state index contributed by atoms with van der Waals surface area (Å²) >= 11 is 0. The Morgan fingerprint density at radius 2 is 1.83 bits per heavy atom. The van der Waals surface area contributed by atoms with Gasteiger partial charge in [0.05, 0.1) is 35.8 Å². The molecule has 1 N–H and O–H groups in total. The summed E-state index contributed by atoms with van der Waals surface area (Å²) in [6.07, 6.45) is 1.11. The Kier molecular flexibility index (Phi) is 3.84. The van der Waals surface area contributed by atoms with Gasteiger partial charge in [0.1, 0.15) is 0 Å². The molecule has 0 unspecified atom stereocenters. The van der Waals surface area contributed by atoms with Crippen LogP contribution in [-0.2, 0) is 11.8 Å². The largest absolute Gasteiger partial charge is 0.383 e. The zero-order valence-corrected chi connectivity index (χ0v) is 14.3. The molecule has 1 fully saturated rings. The van der Waals surface area contributed by atoms with Crippen molar-refractivity contribution in [1.82, 2.24) is 4.57 Å². The molecule has 24 heavy (non-hydrogen) atoms. The van der Waals surface area contributed by atoms with Crippen LogP contribution in [0.5, 0.6) is 0 Å². The highest BCUT2D eigenvalue weighted by molar-refractivity contribution is 5.98. The SMILES string of the molecule is CN1CCCNc2cc3c(N4CCOCC4)cc(=O)n(C)c3cc21. The molecule has 0 radical (unpaired) electrons. The molecule has 1 aromatic carbocycles. The zero-order valence-electron chi connectivity index (χ0n) is 14.3. The summed E-state index contributed by atoms with van der Waals surface area (Å²) in [7, 11) is 3.96. The molecule has 128 valence electrons. The molecule has 1 saturated heterocycles. The molecule has 6 nitrogen and oxygen atoms in total. The van der Waals surface area contributed by atoms with E-state index in [1.165, 1.54) is 0 Å². The van der Waals surface area contributed by atoms with Gasteiger partial charge in [-0.15, -0.1) is 0 Å².